The average Bonchev–Trinajstić information content (AvgIpc) is 2.79. The van der Waals surface area contributed by atoms with Crippen LogP contribution in [-0.4, -0.2) is 21.5 Å². The molecule has 0 saturated heterocycles. The van der Waals surface area contributed by atoms with Crippen LogP contribution in [-0.2, 0) is 6.42 Å². The Labute approximate surface area is 148 Å². The first kappa shape index (κ1) is 18.4. The van der Waals surface area contributed by atoms with Crippen LogP contribution in [0.1, 0.15) is 22.8 Å². The van der Waals surface area contributed by atoms with E-state index in [0.717, 1.165) is 12.1 Å². The predicted molar refractivity (Wildman–Crippen MR) is 81.0 cm³/mol. The van der Waals surface area contributed by atoms with E-state index in [-0.39, 0.29) is 22.6 Å². The molecule has 1 aliphatic carbocycles. The largest absolute Gasteiger partial charge is 0.455 e. The number of nitrogens with zero attached hydrogens (tertiary/aromatic N) is 2. The van der Waals surface area contributed by atoms with Gasteiger partial charge in [-0.05, 0) is 23.9 Å². The lowest BCUT2D eigenvalue weighted by Gasteiger charge is -2.17. The van der Waals surface area contributed by atoms with Gasteiger partial charge in [-0.25, -0.2) is 8.78 Å². The smallest absolute Gasteiger partial charge is 0.446 e. The molecule has 1 aromatic heterocycles. The normalized spacial score (nSPS) is 18.3. The van der Waals surface area contributed by atoms with Crippen LogP contribution in [0.5, 0.6) is 11.5 Å². The van der Waals surface area contributed by atoms with Gasteiger partial charge in [0, 0.05) is 34.7 Å². The number of benzene rings is 1. The average molecular weight is 388 g/mol. The van der Waals surface area contributed by atoms with Gasteiger partial charge < -0.3 is 9.84 Å². The lowest BCUT2D eigenvalue weighted by molar-refractivity contribution is -0.0977. The van der Waals surface area contributed by atoms with Crippen LogP contribution in [0.15, 0.2) is 35.5 Å². The fourth-order valence-corrected chi connectivity index (χ4v) is 3.35. The molecule has 1 aromatic carbocycles. The van der Waals surface area contributed by atoms with E-state index in [0.29, 0.717) is 0 Å². The zero-order valence-electron chi connectivity index (χ0n) is 12.7. The second kappa shape index (κ2) is 6.41. The number of hydrogen-bond acceptors (Lipinski definition) is 5. The Balaban J connectivity index is 2.05. The highest BCUT2D eigenvalue weighted by atomic mass is 32.2. The van der Waals surface area contributed by atoms with Gasteiger partial charge in [0.2, 0.25) is 0 Å². The topological polar surface area (TPSA) is 66.1 Å². The molecule has 1 heterocycles. The van der Waals surface area contributed by atoms with Crippen LogP contribution in [0, 0.1) is 11.3 Å². The Kier molecular flexibility index (Phi) is 4.54. The zero-order valence-corrected chi connectivity index (χ0v) is 13.5. The summed E-state index contributed by atoms with van der Waals surface area (Å²) >= 11 is -0.573. The van der Waals surface area contributed by atoms with Crippen molar-refractivity contribution in [1.29, 1.82) is 5.26 Å². The minimum Gasteiger partial charge on any atom is -0.455 e. The third kappa shape index (κ3) is 3.59. The molecule has 0 fully saturated rings. The van der Waals surface area contributed by atoms with Crippen LogP contribution < -0.4 is 4.74 Å². The molecular formula is C16H9F5N2O2S. The molecule has 1 N–H and O–H groups in total. The van der Waals surface area contributed by atoms with Crippen molar-refractivity contribution in [2.45, 2.75) is 28.9 Å². The van der Waals surface area contributed by atoms with Crippen molar-refractivity contribution in [3.8, 4) is 17.6 Å². The van der Waals surface area contributed by atoms with Crippen LogP contribution >= 0.6 is 11.8 Å². The standard InChI is InChI=1S/C16H9F5N2O2S/c17-15(18)4-10-11(25-9-3-8(5-22)6-23-7-9)1-2-12(13(10)14(15)24)26-16(19,20)21/h1-3,6-7,14,24H,4H2/t14-/m0/s1. The van der Waals surface area contributed by atoms with Crippen LogP contribution in [0.25, 0.3) is 0 Å². The second-order valence-electron chi connectivity index (χ2n) is 5.47. The number of alkyl halides is 5. The molecule has 0 bridgehead atoms. The van der Waals surface area contributed by atoms with E-state index in [9.17, 15) is 27.1 Å². The molecule has 4 nitrogen and oxygen atoms in total. The molecule has 136 valence electrons. The van der Waals surface area contributed by atoms with Gasteiger partial charge in [-0.2, -0.15) is 18.4 Å². The van der Waals surface area contributed by atoms with Gasteiger partial charge >= 0.3 is 5.51 Å². The second-order valence-corrected chi connectivity index (χ2v) is 6.57. The molecule has 10 heteroatoms. The van der Waals surface area contributed by atoms with Gasteiger partial charge in [0.15, 0.2) is 0 Å². The van der Waals surface area contributed by atoms with Crippen molar-refractivity contribution >= 4 is 11.8 Å². The van der Waals surface area contributed by atoms with E-state index in [1.807, 2.05) is 6.07 Å². The summed E-state index contributed by atoms with van der Waals surface area (Å²) in [6.07, 6.45) is -0.835. The summed E-state index contributed by atoms with van der Waals surface area (Å²) in [7, 11) is 0. The molecule has 0 unspecified atom stereocenters. The van der Waals surface area contributed by atoms with Crippen molar-refractivity contribution < 1.29 is 31.8 Å². The highest BCUT2D eigenvalue weighted by molar-refractivity contribution is 8.00. The minimum atomic E-state index is -4.70. The lowest BCUT2D eigenvalue weighted by Crippen LogP contribution is -2.21. The quantitative estimate of drug-likeness (QED) is 0.616. The molecule has 1 aliphatic rings. The molecular weight excluding hydrogens is 379 g/mol. The fourth-order valence-electron chi connectivity index (χ4n) is 2.62. The molecule has 1 atom stereocenters. The number of thioether (sulfide) groups is 1. The number of hydrogen-bond donors (Lipinski definition) is 1. The SMILES string of the molecule is N#Cc1cncc(Oc2ccc(SC(F)(F)F)c3c2CC(F)(F)[C@H]3O)c1. The maximum Gasteiger partial charge on any atom is 0.446 e. The summed E-state index contributed by atoms with van der Waals surface area (Å²) in [5.41, 5.74) is -5.24. The number of ether oxygens (including phenoxy) is 1. The maximum absolute atomic E-state index is 13.9. The van der Waals surface area contributed by atoms with Crippen LogP contribution in [0.4, 0.5) is 22.0 Å². The zero-order chi connectivity index (χ0) is 19.1. The van der Waals surface area contributed by atoms with Gasteiger partial charge in [0.25, 0.3) is 5.92 Å². The number of nitriles is 1. The number of aromatic nitrogens is 1. The highest BCUT2D eigenvalue weighted by Gasteiger charge is 2.50. The maximum atomic E-state index is 13.9. The van der Waals surface area contributed by atoms with Gasteiger partial charge in [-0.15, -0.1) is 0 Å². The first-order chi connectivity index (χ1) is 12.1. The summed E-state index contributed by atoms with van der Waals surface area (Å²) in [4.78, 5) is 3.25. The Morgan fingerprint density at radius 2 is 2.04 bits per heavy atom. The number of aliphatic hydroxyl groups is 1. The highest BCUT2D eigenvalue weighted by Crippen LogP contribution is 2.52. The monoisotopic (exact) mass is 388 g/mol. The molecule has 0 spiro atoms. The van der Waals surface area contributed by atoms with Gasteiger partial charge in [0.1, 0.15) is 23.7 Å². The first-order valence-corrected chi connectivity index (χ1v) is 7.93. The Morgan fingerprint density at radius 3 is 2.69 bits per heavy atom. The summed E-state index contributed by atoms with van der Waals surface area (Å²) in [5.74, 6) is -3.68. The minimum absolute atomic E-state index is 0.0622. The Bertz CT molecular complexity index is 895. The Morgan fingerprint density at radius 1 is 1.31 bits per heavy atom. The van der Waals surface area contributed by atoms with E-state index < -0.39 is 46.2 Å². The summed E-state index contributed by atoms with van der Waals surface area (Å²) < 4.78 is 71.4. The molecule has 0 saturated carbocycles. The molecule has 3 rings (SSSR count). The van der Waals surface area contributed by atoms with Crippen LogP contribution in [0.2, 0.25) is 0 Å². The molecule has 2 aromatic rings. The van der Waals surface area contributed by atoms with Crippen molar-refractivity contribution in [3.63, 3.8) is 0 Å². The van der Waals surface area contributed by atoms with E-state index in [1.54, 1.807) is 0 Å². The third-order valence-electron chi connectivity index (χ3n) is 3.66. The van der Waals surface area contributed by atoms with Crippen molar-refractivity contribution in [1.82, 2.24) is 4.98 Å². The Hall–Kier alpha value is -2.38. The van der Waals surface area contributed by atoms with Crippen molar-refractivity contribution in [3.05, 3.63) is 47.3 Å². The summed E-state index contributed by atoms with van der Waals surface area (Å²) in [6.45, 7) is 0. The van der Waals surface area contributed by atoms with Gasteiger partial charge in [0.05, 0.1) is 11.8 Å². The summed E-state index contributed by atoms with van der Waals surface area (Å²) in [6, 6.07) is 5.23. The fraction of sp³-hybridized carbons (Fsp3) is 0.250. The predicted octanol–water partition coefficient (Wildman–Crippen LogP) is 4.58. The van der Waals surface area contributed by atoms with Crippen LogP contribution in [0.3, 0.4) is 0 Å². The van der Waals surface area contributed by atoms with Gasteiger partial charge in [-0.3, -0.25) is 4.98 Å². The molecule has 0 radical (unpaired) electrons. The van der Waals surface area contributed by atoms with E-state index in [1.165, 1.54) is 18.5 Å². The molecule has 0 aliphatic heterocycles. The number of halogens is 5. The lowest BCUT2D eigenvalue weighted by atomic mass is 10.1. The van der Waals surface area contributed by atoms with Gasteiger partial charge in [-0.1, -0.05) is 0 Å². The van der Waals surface area contributed by atoms with Crippen molar-refractivity contribution in [2.75, 3.05) is 0 Å². The number of fused-ring (bicyclic) bond motifs is 1. The molecule has 0 amide bonds. The van der Waals surface area contributed by atoms with Crippen molar-refractivity contribution in [2.24, 2.45) is 0 Å². The third-order valence-corrected chi connectivity index (χ3v) is 4.46. The number of aliphatic hydroxyl groups excluding tert-OH is 1. The van der Waals surface area contributed by atoms with E-state index >= 15 is 0 Å². The number of rotatable bonds is 3. The first-order valence-electron chi connectivity index (χ1n) is 7.11. The van der Waals surface area contributed by atoms with E-state index in [4.69, 9.17) is 10.00 Å². The number of pyridine rings is 1. The molecule has 26 heavy (non-hydrogen) atoms. The van der Waals surface area contributed by atoms with E-state index in [2.05, 4.69) is 4.98 Å². The summed E-state index contributed by atoms with van der Waals surface area (Å²) in [5, 5.41) is 18.7.